The van der Waals surface area contributed by atoms with E-state index >= 15 is 0 Å². The van der Waals surface area contributed by atoms with E-state index in [4.69, 9.17) is 55.1 Å². The number of hydrogen-bond acceptors (Lipinski definition) is 20. The topological polar surface area (TPSA) is 522 Å². The minimum Gasteiger partial charge on any atom is -0.508 e. The molecule has 0 aromatic heterocycles. The zero-order chi connectivity index (χ0) is 54.6. The van der Waals surface area contributed by atoms with Crippen LogP contribution in [0, 0.1) is 0 Å². The first-order valence-electron chi connectivity index (χ1n) is 17.5. The molecule has 0 radical (unpaired) electrons. The van der Waals surface area contributed by atoms with Crippen molar-refractivity contribution in [3.63, 3.8) is 0 Å². The van der Waals surface area contributed by atoms with Gasteiger partial charge in [0.15, 0.2) is 11.5 Å². The van der Waals surface area contributed by atoms with E-state index in [-0.39, 0.29) is 30.1 Å². The molecule has 0 bridgehead atoms. The lowest BCUT2D eigenvalue weighted by Gasteiger charge is -2.13. The Hall–Kier alpha value is -6.55. The third kappa shape index (κ3) is 17.3. The summed E-state index contributed by atoms with van der Waals surface area (Å²) in [7, 11) is -35.4. The van der Waals surface area contributed by atoms with E-state index in [2.05, 4.69) is 0 Å². The highest BCUT2D eigenvalue weighted by Crippen LogP contribution is 2.40. The van der Waals surface area contributed by atoms with Crippen molar-refractivity contribution in [1.82, 2.24) is 0 Å². The van der Waals surface area contributed by atoms with Crippen LogP contribution in [0.15, 0.2) is 139 Å². The highest BCUT2D eigenvalue weighted by molar-refractivity contribution is 7.87. The minimum atomic E-state index is -5.34. The van der Waals surface area contributed by atoms with E-state index < -0.39 is 135 Å². The predicted octanol–water partition coefficient (Wildman–Crippen LogP) is 3.76. The van der Waals surface area contributed by atoms with Gasteiger partial charge >= 0.3 is 10.4 Å². The molecule has 0 fully saturated rings. The maximum absolute atomic E-state index is 11.4. The Kier molecular flexibility index (Phi) is 19.2. The summed E-state index contributed by atoms with van der Waals surface area (Å²) < 4.78 is 222. The van der Waals surface area contributed by atoms with E-state index in [1.807, 2.05) is 24.3 Å². The van der Waals surface area contributed by atoms with Crippen LogP contribution in [-0.4, -0.2) is 126 Å². The molecule has 0 saturated carbocycles. The molecule has 394 valence electrons. The van der Waals surface area contributed by atoms with Gasteiger partial charge in [-0.3, -0.25) is 36.4 Å². The summed E-state index contributed by atoms with van der Waals surface area (Å²) in [5.74, 6) is -4.08. The lowest BCUT2D eigenvalue weighted by Crippen LogP contribution is -2.07. The van der Waals surface area contributed by atoms with E-state index in [0.717, 1.165) is 35.4 Å². The fourth-order valence-electron chi connectivity index (χ4n) is 5.39. The van der Waals surface area contributed by atoms with Crippen molar-refractivity contribution in [3.05, 3.63) is 109 Å². The van der Waals surface area contributed by atoms with Gasteiger partial charge in [-0.1, -0.05) is 43.8 Å². The Labute approximate surface area is 408 Å². The van der Waals surface area contributed by atoms with Crippen molar-refractivity contribution < 1.29 is 126 Å². The molecule has 35 heteroatoms. The molecule has 28 nitrogen and oxygen atoms in total. The largest absolute Gasteiger partial charge is 0.508 e. The minimum absolute atomic E-state index is 0. The zero-order valence-electron chi connectivity index (χ0n) is 34.2. The second-order valence-corrected chi connectivity index (χ2v) is 22.6. The first-order chi connectivity index (χ1) is 32.0. The van der Waals surface area contributed by atoms with Gasteiger partial charge in [-0.2, -0.15) is 58.9 Å². The number of phenolic OH excluding ortho intramolecular Hbond substituents is 6. The monoisotopic (exact) mass is 1150 g/mol. The van der Waals surface area contributed by atoms with Crippen molar-refractivity contribution in [2.24, 2.45) is 0 Å². The smallest absolute Gasteiger partial charge is 0.394 e. The summed E-state index contributed by atoms with van der Waals surface area (Å²) in [5.41, 5.74) is 0.807. The van der Waals surface area contributed by atoms with Gasteiger partial charge < -0.3 is 30.6 Å². The van der Waals surface area contributed by atoms with Crippen molar-refractivity contribution in [2.75, 3.05) is 0 Å². The van der Waals surface area contributed by atoms with Gasteiger partial charge in [-0.15, -0.1) is 0 Å². The third-order valence-corrected chi connectivity index (χ3v) is 13.6. The molecule has 0 saturated heterocycles. The molecule has 14 N–H and O–H groups in total. The summed E-state index contributed by atoms with van der Waals surface area (Å²) in [6.45, 7) is 0. The molecule has 0 aliphatic carbocycles. The van der Waals surface area contributed by atoms with Crippen LogP contribution >= 0.6 is 0 Å². The van der Waals surface area contributed by atoms with Crippen molar-refractivity contribution in [2.45, 2.75) is 36.8 Å². The molecular weight excluding hydrogens is 1120 g/mol. The van der Waals surface area contributed by atoms with Crippen LogP contribution in [0.25, 0.3) is 33.4 Å². The van der Waals surface area contributed by atoms with Crippen molar-refractivity contribution >= 4 is 71.1 Å². The fraction of sp³-hybridized carbons (Fsp3) is 0.0270. The molecule has 72 heavy (non-hydrogen) atoms. The molecule has 0 heterocycles. The lowest BCUT2D eigenvalue weighted by molar-refractivity contribution is 0.380. The first-order valence-corrected chi connectivity index (χ1v) is 27.6. The summed E-state index contributed by atoms with van der Waals surface area (Å²) in [6.07, 6.45) is 0. The molecule has 6 aromatic rings. The van der Waals surface area contributed by atoms with Gasteiger partial charge in [0.1, 0.15) is 52.4 Å². The van der Waals surface area contributed by atoms with Crippen LogP contribution < -0.4 is 0 Å². The Balaban J connectivity index is 0.000000369. The number of phenols is 6. The molecule has 0 aliphatic heterocycles. The number of rotatable bonds is 9. The highest BCUT2D eigenvalue weighted by atomic mass is 32.3. The number of benzene rings is 6. The second kappa shape index (κ2) is 22.5. The lowest BCUT2D eigenvalue weighted by atomic mass is 10.1. The molecule has 0 spiro atoms. The average Bonchev–Trinajstić information content (AvgIpc) is 3.19. The Morgan fingerprint density at radius 2 is 0.431 bits per heavy atom. The summed E-state index contributed by atoms with van der Waals surface area (Å²) >= 11 is 0. The van der Waals surface area contributed by atoms with E-state index in [0.29, 0.717) is 24.3 Å². The summed E-state index contributed by atoms with van der Waals surface area (Å²) in [6, 6.07) is 21.7. The average molecular weight is 1150 g/mol. The van der Waals surface area contributed by atoms with E-state index in [1.54, 1.807) is 24.3 Å². The molecule has 0 aliphatic rings. The van der Waals surface area contributed by atoms with Gasteiger partial charge in [-0.25, -0.2) is 0 Å². The van der Waals surface area contributed by atoms with Crippen LogP contribution in [0.4, 0.5) is 0 Å². The second-order valence-electron chi connectivity index (χ2n) is 13.4. The van der Waals surface area contributed by atoms with Gasteiger partial charge in [0, 0.05) is 0 Å². The maximum atomic E-state index is 11.4. The first kappa shape index (κ1) is 61.6. The third-order valence-electron chi connectivity index (χ3n) is 8.40. The van der Waals surface area contributed by atoms with Crippen molar-refractivity contribution in [1.29, 1.82) is 0 Å². The molecule has 0 amide bonds. The standard InChI is InChI=1S/C12H10O14S4.C12H10O8S2.C12H10O2.CH4.H2O4S/c13-11-7(27(15,16)17)1-5(2-8(11)28(18,19)20)6-3-9(29(21,22)23)12(14)10(4-6)30(24,25)26;13-9-3-1-7(5-11(9)21(15,16)17)8-2-4-10(14)12(6-8)22(18,19)20;13-11-5-1-9(2-6-11)10-3-7-12(14)8-4-10;;1-5(2,3)4/h1-4,13-14H,(H,15,16,17)(H,18,19,20)(H,21,22,23)(H,24,25,26);1-6,13-14H,(H,15,16,17)(H,18,19,20);1-8,13-14H;1H4;(H2,1,2,3,4). The molecule has 0 atom stereocenters. The van der Waals surface area contributed by atoms with Crippen LogP contribution in [0.3, 0.4) is 0 Å². The number of aromatic hydroxyl groups is 6. The SMILES string of the molecule is C.O=S(=O)(O)O.O=S(=O)(O)c1cc(-c2cc(S(=O)(=O)O)c(O)c(S(=O)(=O)O)c2)cc(S(=O)(=O)O)c1O.O=S(=O)(O)c1cc(-c2ccc(O)c(S(=O)(=O)O)c2)ccc1O.Oc1ccc(-c2ccc(O)cc2)cc1. The van der Waals surface area contributed by atoms with Gasteiger partial charge in [0.2, 0.25) is 0 Å². The Morgan fingerprint density at radius 3 is 0.625 bits per heavy atom. The van der Waals surface area contributed by atoms with Gasteiger partial charge in [0.25, 0.3) is 60.7 Å². The Bertz CT molecular complexity index is 3470. The Morgan fingerprint density at radius 1 is 0.250 bits per heavy atom. The van der Waals surface area contributed by atoms with Gasteiger partial charge in [0.05, 0.1) is 0 Å². The normalized spacial score (nSPS) is 12.1. The quantitative estimate of drug-likeness (QED) is 0.0916. The molecule has 0 unspecified atom stereocenters. The predicted molar refractivity (Wildman–Crippen MR) is 245 cm³/mol. The van der Waals surface area contributed by atoms with Crippen LogP contribution in [0.1, 0.15) is 7.43 Å². The fourth-order valence-corrected chi connectivity index (χ4v) is 9.26. The summed E-state index contributed by atoms with van der Waals surface area (Å²) in [4.78, 5) is -7.45. The number of hydrogen-bond donors (Lipinski definition) is 14. The zero-order valence-corrected chi connectivity index (χ0v) is 39.9. The van der Waals surface area contributed by atoms with Crippen LogP contribution in [0.5, 0.6) is 34.5 Å². The summed E-state index contributed by atoms with van der Waals surface area (Å²) in [5, 5.41) is 56.6. The van der Waals surface area contributed by atoms with Crippen LogP contribution in [0.2, 0.25) is 0 Å². The highest BCUT2D eigenvalue weighted by Gasteiger charge is 2.30. The van der Waals surface area contributed by atoms with Crippen molar-refractivity contribution in [3.8, 4) is 67.9 Å². The van der Waals surface area contributed by atoms with Gasteiger partial charge in [-0.05, 0) is 106 Å². The maximum Gasteiger partial charge on any atom is 0.394 e. The molecule has 6 rings (SSSR count). The van der Waals surface area contributed by atoms with Crippen LogP contribution in [-0.2, 0) is 71.1 Å². The molecule has 6 aromatic carbocycles. The molecular formula is C37H36O28S7. The van der Waals surface area contributed by atoms with E-state index in [1.165, 1.54) is 12.1 Å². The van der Waals surface area contributed by atoms with E-state index in [9.17, 15) is 70.9 Å².